The first kappa shape index (κ1) is 22.3. The van der Waals surface area contributed by atoms with E-state index in [0.29, 0.717) is 17.0 Å². The average Bonchev–Trinajstić information content (AvgIpc) is 2.76. The molecule has 2 aromatic heterocycles. The topological polar surface area (TPSA) is 168 Å². The average molecular weight is 485 g/mol. The van der Waals surface area contributed by atoms with Gasteiger partial charge in [0.1, 0.15) is 16.7 Å². The molecule has 0 saturated heterocycles. The van der Waals surface area contributed by atoms with E-state index in [9.17, 15) is 9.59 Å². The first-order valence-corrected chi connectivity index (χ1v) is 10.4. The second-order valence-corrected chi connectivity index (χ2v) is 7.94. The predicted octanol–water partition coefficient (Wildman–Crippen LogP) is 2.92. The number of amides is 1. The van der Waals surface area contributed by atoms with Gasteiger partial charge in [0.05, 0.1) is 27.7 Å². The normalized spacial score (nSPS) is 12.0. The van der Waals surface area contributed by atoms with Crippen molar-refractivity contribution in [3.8, 4) is 5.69 Å². The number of fused-ring (bicyclic) bond motifs is 1. The van der Waals surface area contributed by atoms with Crippen molar-refractivity contribution in [2.45, 2.75) is 13.0 Å². The first-order chi connectivity index (χ1) is 15.7. The zero-order valence-corrected chi connectivity index (χ0v) is 18.7. The Balaban J connectivity index is 1.96. The van der Waals surface area contributed by atoms with Gasteiger partial charge in [-0.1, -0.05) is 35.3 Å². The van der Waals surface area contributed by atoms with Crippen LogP contribution in [0.4, 0.5) is 17.6 Å². The van der Waals surface area contributed by atoms with Gasteiger partial charge in [-0.2, -0.15) is 9.97 Å². The quantitative estimate of drug-likeness (QED) is 0.335. The molecule has 33 heavy (non-hydrogen) atoms. The van der Waals surface area contributed by atoms with E-state index in [4.69, 9.17) is 40.4 Å². The molecule has 0 radical (unpaired) electrons. The zero-order valence-electron chi connectivity index (χ0n) is 17.2. The van der Waals surface area contributed by atoms with E-state index in [1.807, 2.05) is 0 Å². The summed E-state index contributed by atoms with van der Waals surface area (Å²) >= 11 is 12.5. The third-order valence-corrected chi connectivity index (χ3v) is 5.58. The van der Waals surface area contributed by atoms with Crippen molar-refractivity contribution in [1.82, 2.24) is 19.5 Å². The van der Waals surface area contributed by atoms with Gasteiger partial charge in [-0.3, -0.25) is 14.2 Å². The largest absolute Gasteiger partial charge is 0.382 e. The summed E-state index contributed by atoms with van der Waals surface area (Å²) in [5.41, 5.74) is 17.5. The van der Waals surface area contributed by atoms with Crippen LogP contribution >= 0.6 is 23.2 Å². The summed E-state index contributed by atoms with van der Waals surface area (Å²) in [5, 5.41) is 3.62. The van der Waals surface area contributed by atoms with Crippen LogP contribution < -0.4 is 28.1 Å². The van der Waals surface area contributed by atoms with Crippen molar-refractivity contribution in [1.29, 1.82) is 0 Å². The Labute approximate surface area is 197 Å². The Hall–Kier alpha value is -3.89. The fourth-order valence-corrected chi connectivity index (χ4v) is 3.78. The van der Waals surface area contributed by atoms with Crippen molar-refractivity contribution in [3.05, 3.63) is 74.3 Å². The lowest BCUT2D eigenvalue weighted by molar-refractivity contribution is 0.1000. The number of nitrogens with zero attached hydrogens (tertiary/aromatic N) is 4. The van der Waals surface area contributed by atoms with E-state index >= 15 is 0 Å². The molecule has 4 rings (SSSR count). The highest BCUT2D eigenvalue weighted by Crippen LogP contribution is 2.30. The third kappa shape index (κ3) is 4.13. The Kier molecular flexibility index (Phi) is 5.79. The van der Waals surface area contributed by atoms with Crippen molar-refractivity contribution in [2.75, 3.05) is 16.8 Å². The van der Waals surface area contributed by atoms with Crippen LogP contribution in [-0.2, 0) is 0 Å². The number of nitrogens with two attached hydrogens (primary N) is 3. The number of halogens is 2. The minimum absolute atomic E-state index is 0.00340. The molecule has 0 saturated carbocycles. The van der Waals surface area contributed by atoms with E-state index in [1.165, 1.54) is 10.6 Å². The summed E-state index contributed by atoms with van der Waals surface area (Å²) < 4.78 is 1.35. The third-order valence-electron chi connectivity index (χ3n) is 4.90. The molecule has 4 aromatic rings. The molecular weight excluding hydrogens is 467 g/mol. The second kappa shape index (κ2) is 8.57. The van der Waals surface area contributed by atoms with Gasteiger partial charge in [0, 0.05) is 5.56 Å². The summed E-state index contributed by atoms with van der Waals surface area (Å²) in [6.07, 6.45) is 0. The lowest BCUT2D eigenvalue weighted by Gasteiger charge is -2.21. The summed E-state index contributed by atoms with van der Waals surface area (Å²) in [4.78, 5) is 37.9. The number of carbonyl (C=O) groups excluding carboxylic acids is 1. The number of benzene rings is 2. The van der Waals surface area contributed by atoms with Gasteiger partial charge in [0.15, 0.2) is 5.82 Å². The molecule has 0 spiro atoms. The number of nitrogens with one attached hydrogen (secondary N) is 1. The number of anilines is 3. The Morgan fingerprint density at radius 3 is 2.55 bits per heavy atom. The Bertz CT molecular complexity index is 1470. The number of carbonyl (C=O) groups is 1. The smallest absolute Gasteiger partial charge is 0.267 e. The van der Waals surface area contributed by atoms with E-state index in [-0.39, 0.29) is 38.6 Å². The summed E-state index contributed by atoms with van der Waals surface area (Å²) in [5.74, 6) is -0.238. The molecule has 0 aliphatic carbocycles. The molecule has 1 amide bonds. The minimum atomic E-state index is -0.636. The molecule has 2 heterocycles. The maximum Gasteiger partial charge on any atom is 0.267 e. The number of primary amides is 1. The molecule has 0 aliphatic heterocycles. The van der Waals surface area contributed by atoms with Crippen LogP contribution in [0, 0.1) is 0 Å². The number of hydrogen-bond acceptors (Lipinski definition) is 8. The minimum Gasteiger partial charge on any atom is -0.382 e. The van der Waals surface area contributed by atoms with Crippen LogP contribution in [0.15, 0.2) is 47.3 Å². The van der Waals surface area contributed by atoms with Crippen LogP contribution in [0.25, 0.3) is 16.6 Å². The molecular formula is C21H18Cl2N8O2. The molecule has 168 valence electrons. The Morgan fingerprint density at radius 1 is 1.09 bits per heavy atom. The molecule has 0 fully saturated rings. The van der Waals surface area contributed by atoms with E-state index in [1.54, 1.807) is 43.3 Å². The molecule has 2 aromatic carbocycles. The number of nitrogen functional groups attached to an aromatic ring is 2. The highest BCUT2D eigenvalue weighted by atomic mass is 35.5. The van der Waals surface area contributed by atoms with Crippen LogP contribution in [0.1, 0.15) is 29.1 Å². The lowest BCUT2D eigenvalue weighted by Crippen LogP contribution is -2.28. The van der Waals surface area contributed by atoms with E-state index in [0.717, 1.165) is 0 Å². The van der Waals surface area contributed by atoms with Crippen molar-refractivity contribution in [2.24, 2.45) is 5.73 Å². The van der Waals surface area contributed by atoms with Gasteiger partial charge >= 0.3 is 0 Å². The SMILES string of the molecule is CC(Nc1nc(N)nc(N)c1Cl)c1nc2cccc(Cl)c2c(=O)n1-c1cccc(C(N)=O)c1. The molecule has 12 heteroatoms. The van der Waals surface area contributed by atoms with Crippen LogP contribution in [0.5, 0.6) is 0 Å². The van der Waals surface area contributed by atoms with Crippen LogP contribution in [0.2, 0.25) is 10.0 Å². The first-order valence-electron chi connectivity index (χ1n) is 9.63. The zero-order chi connectivity index (χ0) is 23.9. The molecule has 7 N–H and O–H groups in total. The second-order valence-electron chi connectivity index (χ2n) is 7.15. The maximum atomic E-state index is 13.6. The Morgan fingerprint density at radius 2 is 1.82 bits per heavy atom. The number of aromatic nitrogens is 4. The summed E-state index contributed by atoms with van der Waals surface area (Å²) in [6, 6.07) is 10.7. The maximum absolute atomic E-state index is 13.6. The van der Waals surface area contributed by atoms with Crippen LogP contribution in [0.3, 0.4) is 0 Å². The monoisotopic (exact) mass is 484 g/mol. The molecule has 1 atom stereocenters. The fraction of sp³-hybridized carbons (Fsp3) is 0.0952. The van der Waals surface area contributed by atoms with Gasteiger partial charge in [-0.05, 0) is 37.3 Å². The molecule has 0 bridgehead atoms. The van der Waals surface area contributed by atoms with Crippen LogP contribution in [-0.4, -0.2) is 25.4 Å². The van der Waals surface area contributed by atoms with Gasteiger partial charge in [0.25, 0.3) is 5.56 Å². The van der Waals surface area contributed by atoms with E-state index < -0.39 is 17.5 Å². The lowest BCUT2D eigenvalue weighted by atomic mass is 10.1. The molecule has 10 nitrogen and oxygen atoms in total. The van der Waals surface area contributed by atoms with Gasteiger partial charge in [-0.15, -0.1) is 0 Å². The summed E-state index contributed by atoms with van der Waals surface area (Å²) in [6.45, 7) is 1.75. The van der Waals surface area contributed by atoms with Gasteiger partial charge < -0.3 is 22.5 Å². The standard InChI is InChI=1S/C21H18Cl2N8O2/c1-9(27-18-15(23)16(24)29-21(26)30-18)19-28-13-7-3-6-12(22)14(13)20(33)31(19)11-5-2-4-10(8-11)17(25)32/h2-9H,1H3,(H2,25,32)(H5,24,26,27,29,30). The highest BCUT2D eigenvalue weighted by Gasteiger charge is 2.21. The molecule has 1 unspecified atom stereocenters. The number of hydrogen-bond donors (Lipinski definition) is 4. The van der Waals surface area contributed by atoms with Gasteiger partial charge in [0.2, 0.25) is 11.9 Å². The summed E-state index contributed by atoms with van der Waals surface area (Å²) in [7, 11) is 0. The van der Waals surface area contributed by atoms with Crippen molar-refractivity contribution in [3.63, 3.8) is 0 Å². The van der Waals surface area contributed by atoms with E-state index in [2.05, 4.69) is 20.3 Å². The number of rotatable bonds is 5. The van der Waals surface area contributed by atoms with Crippen molar-refractivity contribution >= 4 is 57.6 Å². The molecule has 0 aliphatic rings. The van der Waals surface area contributed by atoms with Gasteiger partial charge in [-0.25, -0.2) is 4.98 Å². The van der Waals surface area contributed by atoms with Crippen molar-refractivity contribution < 1.29 is 4.79 Å². The predicted molar refractivity (Wildman–Crippen MR) is 129 cm³/mol. The fourth-order valence-electron chi connectivity index (χ4n) is 3.39. The highest BCUT2D eigenvalue weighted by molar-refractivity contribution is 6.35.